The van der Waals surface area contributed by atoms with Crippen molar-refractivity contribution in [1.29, 1.82) is 0 Å². The fourth-order valence-electron chi connectivity index (χ4n) is 4.39. The molecule has 1 saturated heterocycles. The Morgan fingerprint density at radius 2 is 2.14 bits per heavy atom. The average molecular weight is 417 g/mol. The van der Waals surface area contributed by atoms with Crippen molar-refractivity contribution < 1.29 is 14.7 Å². The Morgan fingerprint density at radius 3 is 2.83 bits per heavy atom. The molecular weight excluding hydrogens is 392 g/mol. The van der Waals surface area contributed by atoms with Gasteiger partial charge in [-0.3, -0.25) is 9.78 Å². The highest BCUT2D eigenvalue weighted by atomic mass is 35.5. The molecule has 0 radical (unpaired) electrons. The van der Waals surface area contributed by atoms with Gasteiger partial charge in [-0.15, -0.1) is 0 Å². The lowest BCUT2D eigenvalue weighted by Crippen LogP contribution is -2.55. The van der Waals surface area contributed by atoms with Gasteiger partial charge in [-0.25, -0.2) is 4.79 Å². The predicted octanol–water partition coefficient (Wildman–Crippen LogP) is 2.78. The number of rotatable bonds is 2. The number of amides is 2. The number of benzene rings is 1. The Bertz CT molecular complexity index is 980. The fourth-order valence-corrected chi connectivity index (χ4v) is 4.76. The van der Waals surface area contributed by atoms with Crippen LogP contribution in [-0.2, 0) is 12.8 Å². The number of piperazine rings is 1. The van der Waals surface area contributed by atoms with Crippen molar-refractivity contribution in [1.82, 2.24) is 14.8 Å². The third-order valence-corrected chi connectivity index (χ3v) is 6.56. The van der Waals surface area contributed by atoms with Crippen molar-refractivity contribution in [3.05, 3.63) is 40.0 Å². The van der Waals surface area contributed by atoms with Crippen molar-refractivity contribution in [3.8, 4) is 0 Å². The number of halogens is 1. The van der Waals surface area contributed by atoms with Crippen LogP contribution < -0.4 is 5.73 Å². The maximum atomic E-state index is 13.1. The predicted molar refractivity (Wildman–Crippen MR) is 111 cm³/mol. The molecule has 4 rings (SSSR count). The lowest BCUT2D eigenvalue weighted by Gasteiger charge is -2.38. The number of pyridine rings is 1. The molecule has 8 heteroatoms. The first kappa shape index (κ1) is 19.9. The van der Waals surface area contributed by atoms with Crippen LogP contribution in [0, 0.1) is 5.92 Å². The second kappa shape index (κ2) is 7.80. The minimum atomic E-state index is -0.950. The molecular formula is C21H25ClN4O3. The van der Waals surface area contributed by atoms with E-state index in [-0.39, 0.29) is 11.9 Å². The van der Waals surface area contributed by atoms with Gasteiger partial charge in [0.05, 0.1) is 10.5 Å². The van der Waals surface area contributed by atoms with Crippen molar-refractivity contribution in [2.75, 3.05) is 26.2 Å². The fraction of sp³-hybridized carbons (Fsp3) is 0.476. The number of carboxylic acid groups (broad SMARTS) is 1. The Hall–Kier alpha value is -2.38. The standard InChI is InChI=1S/C21H25ClN4O3/c1-12-11-25(21(28)29)6-7-26(12)20(27)14-3-5-16-18(9-14)24-17-8-13(10-23)2-4-15(17)19(16)22/h3,5,9,12-13H,2,4,6-8,10-11,23H2,1H3,(H,28,29)/t12-,13?/m1/s1. The summed E-state index contributed by atoms with van der Waals surface area (Å²) in [6.45, 7) is 3.51. The number of nitrogens with two attached hydrogens (primary N) is 1. The molecule has 2 aliphatic rings. The third kappa shape index (κ3) is 3.65. The zero-order valence-corrected chi connectivity index (χ0v) is 17.2. The first-order valence-corrected chi connectivity index (χ1v) is 10.4. The number of hydrogen-bond donors (Lipinski definition) is 2. The molecule has 7 nitrogen and oxygen atoms in total. The molecule has 2 amide bonds. The lowest BCUT2D eigenvalue weighted by molar-refractivity contribution is 0.0484. The summed E-state index contributed by atoms with van der Waals surface area (Å²) in [5.41, 5.74) is 9.19. The molecule has 0 bridgehead atoms. The zero-order chi connectivity index (χ0) is 20.7. The molecule has 154 valence electrons. The van der Waals surface area contributed by atoms with E-state index in [0.29, 0.717) is 43.2 Å². The molecule has 1 fully saturated rings. The normalized spacial score (nSPS) is 21.9. The SMILES string of the molecule is C[C@@H]1CN(C(=O)O)CCN1C(=O)c1ccc2c(Cl)c3c(nc2c1)CC(CN)CC3. The van der Waals surface area contributed by atoms with E-state index in [1.807, 2.05) is 13.0 Å². The van der Waals surface area contributed by atoms with E-state index in [2.05, 4.69) is 0 Å². The summed E-state index contributed by atoms with van der Waals surface area (Å²) in [6.07, 6.45) is 1.76. The van der Waals surface area contributed by atoms with Gasteiger partial charge in [0.25, 0.3) is 5.91 Å². The van der Waals surface area contributed by atoms with Crippen LogP contribution in [0.25, 0.3) is 10.9 Å². The largest absolute Gasteiger partial charge is 0.465 e. The minimum absolute atomic E-state index is 0.111. The lowest BCUT2D eigenvalue weighted by atomic mass is 9.86. The highest BCUT2D eigenvalue weighted by Gasteiger charge is 2.30. The summed E-state index contributed by atoms with van der Waals surface area (Å²) in [4.78, 5) is 32.2. The summed E-state index contributed by atoms with van der Waals surface area (Å²) in [5, 5.41) is 10.8. The Labute approximate surface area is 174 Å². The molecule has 1 aromatic heterocycles. The van der Waals surface area contributed by atoms with Gasteiger partial charge >= 0.3 is 6.09 Å². The monoisotopic (exact) mass is 416 g/mol. The van der Waals surface area contributed by atoms with Gasteiger partial charge in [-0.2, -0.15) is 0 Å². The Kier molecular flexibility index (Phi) is 5.36. The Morgan fingerprint density at radius 1 is 1.34 bits per heavy atom. The van der Waals surface area contributed by atoms with Crippen LogP contribution in [0.4, 0.5) is 4.79 Å². The summed E-state index contributed by atoms with van der Waals surface area (Å²) in [6, 6.07) is 5.26. The number of carbonyl (C=O) groups is 2. The second-order valence-corrected chi connectivity index (χ2v) is 8.38. The molecule has 3 N–H and O–H groups in total. The Balaban J connectivity index is 1.63. The van der Waals surface area contributed by atoms with E-state index >= 15 is 0 Å². The van der Waals surface area contributed by atoms with E-state index in [0.717, 1.165) is 40.9 Å². The third-order valence-electron chi connectivity index (χ3n) is 6.13. The van der Waals surface area contributed by atoms with Crippen molar-refractivity contribution in [2.45, 2.75) is 32.2 Å². The maximum Gasteiger partial charge on any atom is 0.407 e. The van der Waals surface area contributed by atoms with Crippen LogP contribution in [-0.4, -0.2) is 64.1 Å². The van der Waals surface area contributed by atoms with Gasteiger partial charge in [0.1, 0.15) is 0 Å². The van der Waals surface area contributed by atoms with Gasteiger partial charge < -0.3 is 20.6 Å². The number of aromatic nitrogens is 1. The summed E-state index contributed by atoms with van der Waals surface area (Å²) in [5.74, 6) is 0.305. The first-order valence-electron chi connectivity index (χ1n) is 9.99. The highest BCUT2D eigenvalue weighted by molar-refractivity contribution is 6.36. The zero-order valence-electron chi connectivity index (χ0n) is 16.4. The van der Waals surface area contributed by atoms with Gasteiger partial charge in [0, 0.05) is 42.3 Å². The molecule has 2 heterocycles. The van der Waals surface area contributed by atoms with Crippen molar-refractivity contribution in [2.24, 2.45) is 11.7 Å². The van der Waals surface area contributed by atoms with E-state index in [1.165, 1.54) is 4.90 Å². The molecule has 1 aromatic carbocycles. The molecule has 2 aromatic rings. The molecule has 29 heavy (non-hydrogen) atoms. The van der Waals surface area contributed by atoms with Gasteiger partial charge in [-0.1, -0.05) is 17.7 Å². The average Bonchev–Trinajstić information content (AvgIpc) is 2.72. The summed E-state index contributed by atoms with van der Waals surface area (Å²) >= 11 is 6.67. The molecule has 0 spiro atoms. The number of fused-ring (bicyclic) bond motifs is 2. The van der Waals surface area contributed by atoms with Gasteiger partial charge in [0.15, 0.2) is 0 Å². The van der Waals surface area contributed by atoms with Crippen LogP contribution in [0.2, 0.25) is 5.02 Å². The van der Waals surface area contributed by atoms with Crippen molar-refractivity contribution in [3.63, 3.8) is 0 Å². The molecule has 2 atom stereocenters. The quantitative estimate of drug-likeness (QED) is 0.784. The van der Waals surface area contributed by atoms with Crippen LogP contribution in [0.3, 0.4) is 0 Å². The molecule has 1 aliphatic carbocycles. The minimum Gasteiger partial charge on any atom is -0.465 e. The van der Waals surface area contributed by atoms with Gasteiger partial charge in [0.2, 0.25) is 0 Å². The van der Waals surface area contributed by atoms with Crippen LogP contribution in [0.15, 0.2) is 18.2 Å². The smallest absolute Gasteiger partial charge is 0.407 e. The number of hydrogen-bond acceptors (Lipinski definition) is 4. The maximum absolute atomic E-state index is 13.1. The summed E-state index contributed by atoms with van der Waals surface area (Å²) in [7, 11) is 0. The van der Waals surface area contributed by atoms with E-state index in [1.54, 1.807) is 17.0 Å². The van der Waals surface area contributed by atoms with Crippen LogP contribution >= 0.6 is 11.6 Å². The van der Waals surface area contributed by atoms with Gasteiger partial charge in [-0.05, 0) is 56.3 Å². The second-order valence-electron chi connectivity index (χ2n) is 8.00. The van der Waals surface area contributed by atoms with Crippen molar-refractivity contribution >= 4 is 34.5 Å². The topological polar surface area (TPSA) is 99.8 Å². The number of nitrogens with zero attached hydrogens (tertiary/aromatic N) is 3. The highest BCUT2D eigenvalue weighted by Crippen LogP contribution is 2.34. The molecule has 1 unspecified atom stereocenters. The summed E-state index contributed by atoms with van der Waals surface area (Å²) < 4.78 is 0. The van der Waals surface area contributed by atoms with E-state index < -0.39 is 6.09 Å². The van der Waals surface area contributed by atoms with Crippen LogP contribution in [0.1, 0.15) is 35.0 Å². The van der Waals surface area contributed by atoms with E-state index in [4.69, 9.17) is 27.4 Å². The molecule has 0 saturated carbocycles. The van der Waals surface area contributed by atoms with E-state index in [9.17, 15) is 9.59 Å². The number of carbonyl (C=O) groups excluding carboxylic acids is 1. The molecule has 1 aliphatic heterocycles. The van der Waals surface area contributed by atoms with Crippen LogP contribution in [0.5, 0.6) is 0 Å². The first-order chi connectivity index (χ1) is 13.9.